The van der Waals surface area contributed by atoms with Crippen molar-refractivity contribution in [3.8, 4) is 56.1 Å². The molecule has 8 aromatic carbocycles. The second-order valence-electron chi connectivity index (χ2n) is 14.3. The van der Waals surface area contributed by atoms with Crippen LogP contribution in [0.5, 0.6) is 0 Å². The van der Waals surface area contributed by atoms with Crippen molar-refractivity contribution in [2.24, 2.45) is 0 Å². The van der Waals surface area contributed by atoms with Crippen molar-refractivity contribution in [2.45, 2.75) is 0 Å². The Labute approximate surface area is 324 Å². The zero-order valence-electron chi connectivity index (χ0n) is 30.4. The largest absolute Gasteiger partial charge is 0.309 e. The van der Waals surface area contributed by atoms with Gasteiger partial charge in [0.05, 0.1) is 33.5 Å². The summed E-state index contributed by atoms with van der Waals surface area (Å²) in [5.74, 6) is 0. The van der Waals surface area contributed by atoms with Crippen molar-refractivity contribution < 1.29 is 0 Å². The molecule has 0 bridgehead atoms. The van der Waals surface area contributed by atoms with Gasteiger partial charge >= 0.3 is 0 Å². The molecule has 0 N–H and O–H groups in total. The zero-order chi connectivity index (χ0) is 37.0. The number of hydrogen-bond donors (Lipinski definition) is 0. The first-order valence-electron chi connectivity index (χ1n) is 19.0. The molecule has 0 radical (unpaired) electrons. The number of nitrogens with zero attached hydrogens (tertiary/aromatic N) is 4. The van der Waals surface area contributed by atoms with E-state index in [9.17, 15) is 0 Å². The van der Waals surface area contributed by atoms with Crippen molar-refractivity contribution in [1.82, 2.24) is 19.1 Å². The van der Waals surface area contributed by atoms with Crippen molar-refractivity contribution >= 4 is 43.6 Å². The van der Waals surface area contributed by atoms with Crippen LogP contribution in [0.2, 0.25) is 0 Å². The van der Waals surface area contributed by atoms with Crippen LogP contribution in [-0.4, -0.2) is 19.1 Å². The van der Waals surface area contributed by atoms with Gasteiger partial charge < -0.3 is 9.13 Å². The van der Waals surface area contributed by atoms with Gasteiger partial charge in [0.2, 0.25) is 0 Å². The van der Waals surface area contributed by atoms with Crippen LogP contribution in [0.15, 0.2) is 207 Å². The molecular weight excluding hydrogens is 681 g/mol. The molecular formula is C52H34N4. The van der Waals surface area contributed by atoms with Gasteiger partial charge in [0, 0.05) is 44.0 Å². The Kier molecular flexibility index (Phi) is 7.46. The Balaban J connectivity index is 0.880. The highest BCUT2D eigenvalue weighted by atomic mass is 15.0. The summed E-state index contributed by atoms with van der Waals surface area (Å²) in [6.45, 7) is 0. The molecule has 0 aliphatic heterocycles. The van der Waals surface area contributed by atoms with Gasteiger partial charge in [-0.3, -0.25) is 0 Å². The number of benzene rings is 8. The normalized spacial score (nSPS) is 11.6. The molecule has 262 valence electrons. The molecule has 0 fully saturated rings. The van der Waals surface area contributed by atoms with Crippen LogP contribution in [0.1, 0.15) is 0 Å². The summed E-state index contributed by atoms with van der Waals surface area (Å²) in [7, 11) is 0. The van der Waals surface area contributed by atoms with Crippen LogP contribution in [0.4, 0.5) is 0 Å². The lowest BCUT2D eigenvalue weighted by Gasteiger charge is -2.11. The van der Waals surface area contributed by atoms with E-state index in [0.29, 0.717) is 0 Å². The van der Waals surface area contributed by atoms with E-state index in [1.807, 2.05) is 0 Å². The standard InChI is InChI=1S/C52H34N4/c1-5-19-49-43(15-1)44-16-2-6-20-50(44)55(49)41-27-23-35(24-28-41)37-11-9-13-39(31-37)47-33-48(54-34-53-47)40-14-10-12-38(32-40)36-25-29-42(30-26-36)56-51-21-7-3-17-45(51)46-18-4-8-22-52(46)56/h1-34H. The minimum Gasteiger partial charge on any atom is -0.309 e. The van der Waals surface area contributed by atoms with E-state index >= 15 is 0 Å². The third-order valence-corrected chi connectivity index (χ3v) is 11.1. The van der Waals surface area contributed by atoms with Gasteiger partial charge in [0.15, 0.2) is 0 Å². The predicted octanol–water partition coefficient (Wildman–Crippen LogP) is 13.3. The van der Waals surface area contributed by atoms with E-state index in [1.165, 1.54) is 43.6 Å². The molecule has 11 aromatic rings. The highest BCUT2D eigenvalue weighted by Crippen LogP contribution is 2.35. The number of aromatic nitrogens is 4. The maximum absolute atomic E-state index is 4.72. The van der Waals surface area contributed by atoms with Gasteiger partial charge in [0.1, 0.15) is 6.33 Å². The molecule has 0 aliphatic rings. The minimum absolute atomic E-state index is 0.889. The fraction of sp³-hybridized carbons (Fsp3) is 0. The highest BCUT2D eigenvalue weighted by Gasteiger charge is 2.14. The number of hydrogen-bond acceptors (Lipinski definition) is 2. The Morgan fingerprint density at radius 1 is 0.268 bits per heavy atom. The van der Waals surface area contributed by atoms with Crippen LogP contribution in [0, 0.1) is 0 Å². The molecule has 0 saturated heterocycles. The van der Waals surface area contributed by atoms with E-state index in [4.69, 9.17) is 9.97 Å². The predicted molar refractivity (Wildman–Crippen MR) is 232 cm³/mol. The average Bonchev–Trinajstić information content (AvgIpc) is 3.80. The summed E-state index contributed by atoms with van der Waals surface area (Å²) in [5, 5.41) is 5.06. The molecule has 56 heavy (non-hydrogen) atoms. The lowest BCUT2D eigenvalue weighted by molar-refractivity contribution is 1.17. The summed E-state index contributed by atoms with van der Waals surface area (Å²) in [5.41, 5.74) is 15.6. The molecule has 3 heterocycles. The second kappa shape index (κ2) is 13.1. The monoisotopic (exact) mass is 714 g/mol. The van der Waals surface area contributed by atoms with Gasteiger partial charge in [-0.25, -0.2) is 9.97 Å². The molecule has 0 unspecified atom stereocenters. The lowest BCUT2D eigenvalue weighted by atomic mass is 9.99. The van der Waals surface area contributed by atoms with Crippen LogP contribution in [0.25, 0.3) is 99.8 Å². The second-order valence-corrected chi connectivity index (χ2v) is 14.3. The first-order valence-corrected chi connectivity index (χ1v) is 19.0. The van der Waals surface area contributed by atoms with Crippen LogP contribution < -0.4 is 0 Å². The third kappa shape index (κ3) is 5.31. The molecule has 4 nitrogen and oxygen atoms in total. The van der Waals surface area contributed by atoms with Crippen molar-refractivity contribution in [3.63, 3.8) is 0 Å². The maximum Gasteiger partial charge on any atom is 0.116 e. The summed E-state index contributed by atoms with van der Waals surface area (Å²) >= 11 is 0. The van der Waals surface area contributed by atoms with Gasteiger partial charge in [-0.15, -0.1) is 0 Å². The third-order valence-electron chi connectivity index (χ3n) is 11.1. The molecule has 0 spiro atoms. The maximum atomic E-state index is 4.72. The molecule has 0 amide bonds. The Morgan fingerprint density at radius 2 is 0.607 bits per heavy atom. The Morgan fingerprint density at radius 3 is 0.982 bits per heavy atom. The topological polar surface area (TPSA) is 35.6 Å². The highest BCUT2D eigenvalue weighted by molar-refractivity contribution is 6.10. The van der Waals surface area contributed by atoms with Gasteiger partial charge in [-0.05, 0) is 89.0 Å². The lowest BCUT2D eigenvalue weighted by Crippen LogP contribution is -1.94. The SMILES string of the molecule is c1cc(-c2ccc(-n3c4ccccc4c4ccccc43)cc2)cc(-c2cc(-c3cccc(-c4ccc(-n5c6ccccc6c6ccccc65)cc4)c3)ncn2)c1. The Hall–Kier alpha value is -7.56. The van der Waals surface area contributed by atoms with E-state index in [-0.39, 0.29) is 0 Å². The number of fused-ring (bicyclic) bond motifs is 6. The van der Waals surface area contributed by atoms with Gasteiger partial charge in [-0.2, -0.15) is 0 Å². The molecule has 4 heteroatoms. The van der Waals surface area contributed by atoms with E-state index in [0.717, 1.165) is 56.1 Å². The van der Waals surface area contributed by atoms with E-state index in [1.54, 1.807) is 6.33 Å². The van der Waals surface area contributed by atoms with Gasteiger partial charge in [0.25, 0.3) is 0 Å². The van der Waals surface area contributed by atoms with Crippen LogP contribution in [-0.2, 0) is 0 Å². The molecule has 11 rings (SSSR count). The zero-order valence-corrected chi connectivity index (χ0v) is 30.4. The van der Waals surface area contributed by atoms with Crippen molar-refractivity contribution in [2.75, 3.05) is 0 Å². The van der Waals surface area contributed by atoms with Crippen molar-refractivity contribution in [1.29, 1.82) is 0 Å². The summed E-state index contributed by atoms with van der Waals surface area (Å²) < 4.78 is 4.70. The fourth-order valence-electron chi connectivity index (χ4n) is 8.40. The van der Waals surface area contributed by atoms with Crippen molar-refractivity contribution in [3.05, 3.63) is 207 Å². The van der Waals surface area contributed by atoms with Crippen LogP contribution >= 0.6 is 0 Å². The van der Waals surface area contributed by atoms with E-state index < -0.39 is 0 Å². The summed E-state index contributed by atoms with van der Waals surface area (Å²) in [4.78, 5) is 9.43. The summed E-state index contributed by atoms with van der Waals surface area (Å²) in [6.07, 6.45) is 1.67. The van der Waals surface area contributed by atoms with Gasteiger partial charge in [-0.1, -0.05) is 133 Å². The molecule has 3 aromatic heterocycles. The molecule has 0 aliphatic carbocycles. The first kappa shape index (κ1) is 31.9. The number of rotatable bonds is 6. The molecule has 0 saturated carbocycles. The molecule has 0 atom stereocenters. The minimum atomic E-state index is 0.889. The Bertz CT molecular complexity index is 2920. The smallest absolute Gasteiger partial charge is 0.116 e. The fourth-order valence-corrected chi connectivity index (χ4v) is 8.40. The average molecular weight is 715 g/mol. The van der Waals surface area contributed by atoms with Crippen LogP contribution in [0.3, 0.4) is 0 Å². The number of para-hydroxylation sites is 4. The van der Waals surface area contributed by atoms with E-state index in [2.05, 4.69) is 209 Å². The quantitative estimate of drug-likeness (QED) is 0.172. The first-order chi connectivity index (χ1) is 27.8. The summed E-state index contributed by atoms with van der Waals surface area (Å²) in [6, 6.07) is 71.5.